The van der Waals surface area contributed by atoms with Gasteiger partial charge in [0.25, 0.3) is 0 Å². The summed E-state index contributed by atoms with van der Waals surface area (Å²) in [5, 5.41) is 4.09. The predicted molar refractivity (Wildman–Crippen MR) is 102 cm³/mol. The SMILES string of the molecule is CN=C(NCCn1ccnc1)N(C)Cc1ccc(Cl)cc1.I. The van der Waals surface area contributed by atoms with Crippen molar-refractivity contribution >= 4 is 41.5 Å². The fourth-order valence-electron chi connectivity index (χ4n) is 2.04. The Balaban J connectivity index is 0.00000242. The maximum absolute atomic E-state index is 5.90. The molecule has 0 radical (unpaired) electrons. The molecular formula is C15H21ClIN5. The standard InChI is InChI=1S/C15H20ClN5.HI/c1-17-15(19-8-10-21-9-7-18-12-21)20(2)11-13-3-5-14(16)6-4-13;/h3-7,9,12H,8,10-11H2,1-2H3,(H,17,19);1H. The minimum absolute atomic E-state index is 0. The Morgan fingerprint density at radius 1 is 1.36 bits per heavy atom. The fourth-order valence-corrected chi connectivity index (χ4v) is 2.17. The van der Waals surface area contributed by atoms with Gasteiger partial charge in [-0.2, -0.15) is 0 Å². The van der Waals surface area contributed by atoms with E-state index in [0.717, 1.165) is 30.6 Å². The third kappa shape index (κ3) is 5.84. The molecule has 0 unspecified atom stereocenters. The molecule has 0 saturated heterocycles. The van der Waals surface area contributed by atoms with Crippen LogP contribution in [0.15, 0.2) is 48.0 Å². The van der Waals surface area contributed by atoms with Gasteiger partial charge in [-0.15, -0.1) is 24.0 Å². The molecule has 2 aromatic rings. The molecule has 0 aliphatic heterocycles. The maximum Gasteiger partial charge on any atom is 0.193 e. The maximum atomic E-state index is 5.90. The second-order valence-electron chi connectivity index (χ2n) is 4.76. The Morgan fingerprint density at radius 2 is 2.09 bits per heavy atom. The van der Waals surface area contributed by atoms with Crippen molar-refractivity contribution < 1.29 is 0 Å². The van der Waals surface area contributed by atoms with Gasteiger partial charge in [-0.1, -0.05) is 23.7 Å². The van der Waals surface area contributed by atoms with Crippen molar-refractivity contribution in [3.8, 4) is 0 Å². The smallest absolute Gasteiger partial charge is 0.193 e. The number of imidazole rings is 1. The van der Waals surface area contributed by atoms with Crippen molar-refractivity contribution in [2.45, 2.75) is 13.1 Å². The molecule has 0 aliphatic carbocycles. The molecule has 1 aromatic carbocycles. The molecule has 1 N–H and O–H groups in total. The minimum Gasteiger partial charge on any atom is -0.354 e. The van der Waals surface area contributed by atoms with Crippen LogP contribution in [0.5, 0.6) is 0 Å². The highest BCUT2D eigenvalue weighted by Gasteiger charge is 2.06. The summed E-state index contributed by atoms with van der Waals surface area (Å²) in [6.45, 7) is 2.43. The summed E-state index contributed by atoms with van der Waals surface area (Å²) in [5.74, 6) is 0.866. The second kappa shape index (κ2) is 9.68. The molecule has 0 bridgehead atoms. The van der Waals surface area contributed by atoms with Crippen LogP contribution in [0.3, 0.4) is 0 Å². The first-order chi connectivity index (χ1) is 10.2. The zero-order valence-electron chi connectivity index (χ0n) is 12.7. The van der Waals surface area contributed by atoms with E-state index in [4.69, 9.17) is 11.6 Å². The average molecular weight is 434 g/mol. The summed E-state index contributed by atoms with van der Waals surface area (Å²) >= 11 is 5.90. The lowest BCUT2D eigenvalue weighted by molar-refractivity contribution is 0.473. The number of guanidine groups is 1. The third-order valence-corrected chi connectivity index (χ3v) is 3.37. The second-order valence-corrected chi connectivity index (χ2v) is 5.19. The minimum atomic E-state index is 0. The van der Waals surface area contributed by atoms with Crippen molar-refractivity contribution in [1.29, 1.82) is 0 Å². The van der Waals surface area contributed by atoms with Gasteiger partial charge in [-0.3, -0.25) is 4.99 Å². The summed E-state index contributed by atoms with van der Waals surface area (Å²) < 4.78 is 2.03. The summed E-state index contributed by atoms with van der Waals surface area (Å²) in [5.41, 5.74) is 1.19. The largest absolute Gasteiger partial charge is 0.354 e. The van der Waals surface area contributed by atoms with Crippen molar-refractivity contribution in [3.05, 3.63) is 53.6 Å². The molecule has 0 spiro atoms. The third-order valence-electron chi connectivity index (χ3n) is 3.12. The van der Waals surface area contributed by atoms with E-state index in [2.05, 4.69) is 20.2 Å². The molecule has 22 heavy (non-hydrogen) atoms. The Kier molecular flexibility index (Phi) is 8.26. The van der Waals surface area contributed by atoms with Crippen molar-refractivity contribution in [1.82, 2.24) is 19.8 Å². The van der Waals surface area contributed by atoms with Gasteiger partial charge >= 0.3 is 0 Å². The van der Waals surface area contributed by atoms with Gasteiger partial charge in [0, 0.05) is 51.1 Å². The number of aromatic nitrogens is 2. The number of rotatable bonds is 5. The van der Waals surface area contributed by atoms with E-state index in [1.54, 1.807) is 13.2 Å². The van der Waals surface area contributed by atoms with Gasteiger partial charge in [0.1, 0.15) is 0 Å². The van der Waals surface area contributed by atoms with Gasteiger partial charge in [-0.05, 0) is 17.7 Å². The Morgan fingerprint density at radius 3 is 2.68 bits per heavy atom. The molecule has 2 rings (SSSR count). The van der Waals surface area contributed by atoms with Crippen LogP contribution >= 0.6 is 35.6 Å². The highest BCUT2D eigenvalue weighted by molar-refractivity contribution is 14.0. The van der Waals surface area contributed by atoms with Crippen LogP contribution in [0, 0.1) is 0 Å². The molecule has 0 aliphatic rings. The van der Waals surface area contributed by atoms with Crippen LogP contribution in [-0.2, 0) is 13.1 Å². The number of aliphatic imine (C=N–C) groups is 1. The van der Waals surface area contributed by atoms with E-state index >= 15 is 0 Å². The molecule has 120 valence electrons. The first-order valence-electron chi connectivity index (χ1n) is 6.81. The van der Waals surface area contributed by atoms with E-state index in [1.807, 2.05) is 48.4 Å². The summed E-state index contributed by atoms with van der Waals surface area (Å²) in [6, 6.07) is 7.86. The number of nitrogens with one attached hydrogen (secondary N) is 1. The molecule has 7 heteroatoms. The van der Waals surface area contributed by atoms with Crippen LogP contribution in [-0.4, -0.2) is 41.1 Å². The number of halogens is 2. The van der Waals surface area contributed by atoms with Crippen LogP contribution in [0.1, 0.15) is 5.56 Å². The molecule has 1 heterocycles. The van der Waals surface area contributed by atoms with E-state index < -0.39 is 0 Å². The van der Waals surface area contributed by atoms with Gasteiger partial charge in [0.15, 0.2) is 5.96 Å². The van der Waals surface area contributed by atoms with Gasteiger partial charge in [-0.25, -0.2) is 4.98 Å². The fraction of sp³-hybridized carbons (Fsp3) is 0.333. The highest BCUT2D eigenvalue weighted by atomic mass is 127. The zero-order chi connectivity index (χ0) is 15.1. The molecule has 0 saturated carbocycles. The van der Waals surface area contributed by atoms with E-state index in [9.17, 15) is 0 Å². The van der Waals surface area contributed by atoms with Gasteiger partial charge in [0.05, 0.1) is 6.33 Å². The lowest BCUT2D eigenvalue weighted by Gasteiger charge is -2.22. The molecule has 5 nitrogen and oxygen atoms in total. The molecular weight excluding hydrogens is 413 g/mol. The normalized spacial score (nSPS) is 11.0. The number of hydrogen-bond acceptors (Lipinski definition) is 2. The monoisotopic (exact) mass is 433 g/mol. The average Bonchev–Trinajstić information content (AvgIpc) is 2.99. The lowest BCUT2D eigenvalue weighted by Crippen LogP contribution is -2.39. The first kappa shape index (κ1) is 18.8. The van der Waals surface area contributed by atoms with Crippen LogP contribution in [0.25, 0.3) is 0 Å². The van der Waals surface area contributed by atoms with Crippen molar-refractivity contribution in [2.24, 2.45) is 4.99 Å². The Hall–Kier alpha value is -1.28. The van der Waals surface area contributed by atoms with Gasteiger partial charge in [0.2, 0.25) is 0 Å². The molecule has 1 aromatic heterocycles. The number of hydrogen-bond donors (Lipinski definition) is 1. The highest BCUT2D eigenvalue weighted by Crippen LogP contribution is 2.10. The van der Waals surface area contributed by atoms with Gasteiger partial charge < -0.3 is 14.8 Å². The van der Waals surface area contributed by atoms with E-state index in [0.29, 0.717) is 0 Å². The Labute approximate surface area is 153 Å². The van der Waals surface area contributed by atoms with Crippen LogP contribution < -0.4 is 5.32 Å². The zero-order valence-corrected chi connectivity index (χ0v) is 15.8. The number of benzene rings is 1. The first-order valence-corrected chi connectivity index (χ1v) is 7.19. The summed E-state index contributed by atoms with van der Waals surface area (Å²) in [7, 11) is 3.80. The summed E-state index contributed by atoms with van der Waals surface area (Å²) in [6.07, 6.45) is 5.53. The topological polar surface area (TPSA) is 45.5 Å². The lowest BCUT2D eigenvalue weighted by atomic mass is 10.2. The summed E-state index contributed by atoms with van der Waals surface area (Å²) in [4.78, 5) is 10.4. The number of nitrogens with zero attached hydrogens (tertiary/aromatic N) is 4. The molecule has 0 fully saturated rings. The van der Waals surface area contributed by atoms with Crippen molar-refractivity contribution in [2.75, 3.05) is 20.6 Å². The van der Waals surface area contributed by atoms with Crippen LogP contribution in [0.2, 0.25) is 5.02 Å². The molecule has 0 amide bonds. The Bertz CT molecular complexity index is 568. The van der Waals surface area contributed by atoms with E-state index in [1.165, 1.54) is 5.56 Å². The quantitative estimate of drug-likeness (QED) is 0.448. The predicted octanol–water partition coefficient (Wildman–Crippen LogP) is 2.86. The molecule has 0 atom stereocenters. The van der Waals surface area contributed by atoms with Crippen LogP contribution in [0.4, 0.5) is 0 Å². The van der Waals surface area contributed by atoms with Crippen molar-refractivity contribution in [3.63, 3.8) is 0 Å². The van der Waals surface area contributed by atoms with E-state index in [-0.39, 0.29) is 24.0 Å².